The summed E-state index contributed by atoms with van der Waals surface area (Å²) in [4.78, 5) is 30.0. The van der Waals surface area contributed by atoms with Crippen LogP contribution in [0.2, 0.25) is 0 Å². The van der Waals surface area contributed by atoms with Crippen molar-refractivity contribution in [2.45, 2.75) is 19.9 Å². The minimum atomic E-state index is -0.0446. The first kappa shape index (κ1) is 25.2. The normalized spacial score (nSPS) is 15.4. The first-order chi connectivity index (χ1) is 19.4. The van der Waals surface area contributed by atoms with Gasteiger partial charge in [0.05, 0.1) is 11.0 Å². The van der Waals surface area contributed by atoms with E-state index in [4.69, 9.17) is 9.72 Å². The fourth-order valence-corrected chi connectivity index (χ4v) is 5.00. The number of aryl methyl sites for hydroxylation is 2. The maximum atomic E-state index is 12.1. The summed E-state index contributed by atoms with van der Waals surface area (Å²) in [6.45, 7) is 9.62. The van der Waals surface area contributed by atoms with E-state index >= 15 is 0 Å². The molecule has 1 aliphatic heterocycles. The van der Waals surface area contributed by atoms with Crippen LogP contribution in [0.5, 0.6) is 11.5 Å². The zero-order valence-corrected chi connectivity index (χ0v) is 22.6. The molecule has 1 N–H and O–H groups in total. The third kappa shape index (κ3) is 4.77. The zero-order valence-electron chi connectivity index (χ0n) is 22.6. The predicted molar refractivity (Wildman–Crippen MR) is 154 cm³/mol. The monoisotopic (exact) mass is 535 g/mol. The fourth-order valence-electron chi connectivity index (χ4n) is 5.00. The van der Waals surface area contributed by atoms with Crippen LogP contribution < -0.4 is 15.0 Å². The second-order valence-corrected chi connectivity index (χ2v) is 9.86. The number of hydrogen-bond donors (Lipinski definition) is 1. The summed E-state index contributed by atoms with van der Waals surface area (Å²) in [7, 11) is 1.86. The van der Waals surface area contributed by atoms with Crippen LogP contribution in [0, 0.1) is 6.92 Å². The molecule has 0 saturated carbocycles. The number of benzene rings is 2. The molecule has 1 aliphatic rings. The Hall–Kier alpha value is -5.06. The number of fused-ring (bicyclic) bond motifs is 2. The van der Waals surface area contributed by atoms with Gasteiger partial charge in [-0.25, -0.2) is 19.6 Å². The maximum Gasteiger partial charge on any atom is 0.246 e. The van der Waals surface area contributed by atoms with Crippen molar-refractivity contribution in [3.63, 3.8) is 0 Å². The number of amides is 1. The van der Waals surface area contributed by atoms with Gasteiger partial charge in [-0.1, -0.05) is 11.8 Å². The van der Waals surface area contributed by atoms with Crippen LogP contribution in [-0.4, -0.2) is 66.4 Å². The summed E-state index contributed by atoms with van der Waals surface area (Å²) >= 11 is 0. The van der Waals surface area contributed by atoms with Crippen molar-refractivity contribution in [2.24, 2.45) is 7.05 Å². The van der Waals surface area contributed by atoms with Crippen molar-refractivity contribution in [1.82, 2.24) is 34.8 Å². The van der Waals surface area contributed by atoms with E-state index in [1.165, 1.54) is 12.4 Å². The molecule has 0 bridgehead atoms. The highest BCUT2D eigenvalue weighted by Crippen LogP contribution is 2.31. The number of aromatic nitrogens is 6. The highest BCUT2D eigenvalue weighted by molar-refractivity contribution is 5.89. The van der Waals surface area contributed by atoms with Crippen LogP contribution in [0.4, 0.5) is 17.3 Å². The summed E-state index contributed by atoms with van der Waals surface area (Å²) in [6, 6.07) is 15.6. The molecule has 0 aliphatic carbocycles. The molecule has 0 unspecified atom stereocenters. The summed E-state index contributed by atoms with van der Waals surface area (Å²) in [6.07, 6.45) is 2.90. The maximum absolute atomic E-state index is 12.1. The van der Waals surface area contributed by atoms with E-state index in [0.717, 1.165) is 39.4 Å². The lowest BCUT2D eigenvalue weighted by atomic mass is 10.2. The average molecular weight is 536 g/mol. The van der Waals surface area contributed by atoms with E-state index in [1.807, 2.05) is 74.3 Å². The van der Waals surface area contributed by atoms with Gasteiger partial charge in [0, 0.05) is 44.5 Å². The number of anilines is 3. The van der Waals surface area contributed by atoms with E-state index in [-0.39, 0.29) is 11.9 Å². The molecule has 11 heteroatoms. The number of nitrogens with zero attached hydrogens (tertiary/aromatic N) is 8. The van der Waals surface area contributed by atoms with E-state index in [2.05, 4.69) is 37.1 Å². The lowest BCUT2D eigenvalue weighted by Crippen LogP contribution is -2.53. The molecule has 2 aromatic carbocycles. The van der Waals surface area contributed by atoms with Crippen molar-refractivity contribution in [3.8, 4) is 11.5 Å². The van der Waals surface area contributed by atoms with Crippen LogP contribution in [0.15, 0.2) is 67.5 Å². The van der Waals surface area contributed by atoms with Gasteiger partial charge in [0.1, 0.15) is 34.7 Å². The quantitative estimate of drug-likeness (QED) is 0.317. The van der Waals surface area contributed by atoms with Gasteiger partial charge in [-0.15, -0.1) is 5.10 Å². The Morgan fingerprint density at radius 3 is 2.77 bits per heavy atom. The number of carbonyl (C=O) groups excluding carboxylic acids is 1. The molecule has 0 spiro atoms. The van der Waals surface area contributed by atoms with Crippen LogP contribution >= 0.6 is 0 Å². The Balaban J connectivity index is 1.21. The Bertz CT molecular complexity index is 1750. The van der Waals surface area contributed by atoms with Crippen LogP contribution in [0.3, 0.4) is 0 Å². The second-order valence-electron chi connectivity index (χ2n) is 9.86. The van der Waals surface area contributed by atoms with E-state index in [9.17, 15) is 4.79 Å². The molecule has 1 atom stereocenters. The minimum absolute atomic E-state index is 0.0446. The van der Waals surface area contributed by atoms with Crippen molar-refractivity contribution in [2.75, 3.05) is 29.9 Å². The molecule has 1 fully saturated rings. The molecule has 1 amide bonds. The molecule has 202 valence electrons. The Morgan fingerprint density at radius 2 is 1.98 bits per heavy atom. The zero-order chi connectivity index (χ0) is 27.8. The van der Waals surface area contributed by atoms with E-state index < -0.39 is 0 Å². The van der Waals surface area contributed by atoms with Gasteiger partial charge >= 0.3 is 0 Å². The molecule has 40 heavy (non-hydrogen) atoms. The van der Waals surface area contributed by atoms with Gasteiger partial charge in [-0.2, -0.15) is 0 Å². The number of ether oxygens (including phenoxy) is 1. The lowest BCUT2D eigenvalue weighted by molar-refractivity contribution is -0.128. The van der Waals surface area contributed by atoms with E-state index in [0.29, 0.717) is 36.7 Å². The summed E-state index contributed by atoms with van der Waals surface area (Å²) < 4.78 is 7.87. The van der Waals surface area contributed by atoms with Gasteiger partial charge < -0.3 is 19.9 Å². The van der Waals surface area contributed by atoms with Crippen LogP contribution in [-0.2, 0) is 11.8 Å². The van der Waals surface area contributed by atoms with Gasteiger partial charge in [0.15, 0.2) is 5.82 Å². The lowest BCUT2D eigenvalue weighted by Gasteiger charge is -2.40. The number of piperazine rings is 1. The number of pyridine rings is 1. The van der Waals surface area contributed by atoms with Gasteiger partial charge in [-0.3, -0.25) is 4.79 Å². The molecule has 6 rings (SSSR count). The molecule has 3 aromatic heterocycles. The predicted octanol–water partition coefficient (Wildman–Crippen LogP) is 4.37. The van der Waals surface area contributed by atoms with Crippen molar-refractivity contribution < 1.29 is 9.53 Å². The SMILES string of the molecule is C=CC(=O)N1CCN(c2ccc3ncnc(Nc4ccc(Oc5ccc6c(c5)nnn6C)c(C)c4)c3n2)C[C@@H]1C. The Kier molecular flexibility index (Phi) is 6.47. The molecule has 11 nitrogen and oxygen atoms in total. The Morgan fingerprint density at radius 1 is 1.10 bits per heavy atom. The molecule has 1 saturated heterocycles. The number of carbonyl (C=O) groups is 1. The summed E-state index contributed by atoms with van der Waals surface area (Å²) in [5.74, 6) is 2.82. The largest absolute Gasteiger partial charge is 0.457 e. The smallest absolute Gasteiger partial charge is 0.246 e. The fraction of sp³-hybridized carbons (Fsp3) is 0.241. The molecular formula is C29H29N9O2. The van der Waals surface area contributed by atoms with Gasteiger partial charge in [0.2, 0.25) is 5.91 Å². The van der Waals surface area contributed by atoms with E-state index in [1.54, 1.807) is 4.68 Å². The molecule has 0 radical (unpaired) electrons. The van der Waals surface area contributed by atoms with Crippen molar-refractivity contribution in [1.29, 1.82) is 0 Å². The summed E-state index contributed by atoms with van der Waals surface area (Å²) in [5, 5.41) is 11.6. The third-order valence-corrected chi connectivity index (χ3v) is 7.12. The molecule has 4 heterocycles. The highest BCUT2D eigenvalue weighted by atomic mass is 16.5. The van der Waals surface area contributed by atoms with Gasteiger partial charge in [0.25, 0.3) is 0 Å². The highest BCUT2D eigenvalue weighted by Gasteiger charge is 2.27. The molecule has 5 aromatic rings. The van der Waals surface area contributed by atoms with Crippen molar-refractivity contribution in [3.05, 3.63) is 73.1 Å². The Labute approximate surface area is 231 Å². The number of nitrogens with one attached hydrogen (secondary N) is 1. The first-order valence-corrected chi connectivity index (χ1v) is 13.0. The van der Waals surface area contributed by atoms with Crippen LogP contribution in [0.25, 0.3) is 22.1 Å². The van der Waals surface area contributed by atoms with Gasteiger partial charge in [-0.05, 0) is 68.0 Å². The minimum Gasteiger partial charge on any atom is -0.457 e. The second kappa shape index (κ2) is 10.3. The standard InChI is InChI=1S/C29H29N9O2/c1-5-27(39)38-13-12-37(16-19(38)3)26-11-8-22-28(33-26)29(31-17-30-22)32-20-6-10-25(18(2)14-20)40-21-7-9-24-23(15-21)34-35-36(24)4/h5-11,14-15,17,19H,1,12-13,16H2,2-4H3,(H,30,31,32)/t19-/m0/s1. The third-order valence-electron chi connectivity index (χ3n) is 7.12. The van der Waals surface area contributed by atoms with Crippen LogP contribution in [0.1, 0.15) is 12.5 Å². The number of rotatable bonds is 6. The topological polar surface area (TPSA) is 114 Å². The number of hydrogen-bond acceptors (Lipinski definition) is 9. The molecular weight excluding hydrogens is 506 g/mol. The average Bonchev–Trinajstić information content (AvgIpc) is 3.33. The first-order valence-electron chi connectivity index (χ1n) is 13.0. The summed E-state index contributed by atoms with van der Waals surface area (Å²) in [5.41, 5.74) is 4.94. The van der Waals surface area contributed by atoms with Crippen molar-refractivity contribution >= 4 is 45.3 Å².